The number of ether oxygens (including phenoxy) is 1. The van der Waals surface area contributed by atoms with E-state index in [4.69, 9.17) is 4.74 Å². The maximum Gasteiger partial charge on any atom is 0.307 e. The Bertz CT molecular complexity index is 431. The van der Waals surface area contributed by atoms with Gasteiger partial charge in [-0.2, -0.15) is 0 Å². The average molecular weight is 291 g/mol. The first-order chi connectivity index (χ1) is 10.2. The van der Waals surface area contributed by atoms with Crippen molar-refractivity contribution in [3.05, 3.63) is 35.9 Å². The SMILES string of the molecule is CCCC(=O)N(CCC(=O)OCC)CCc1ccccc1. The van der Waals surface area contributed by atoms with Gasteiger partial charge >= 0.3 is 5.97 Å². The molecule has 0 N–H and O–H groups in total. The van der Waals surface area contributed by atoms with Gasteiger partial charge in [-0.1, -0.05) is 37.3 Å². The zero-order chi connectivity index (χ0) is 15.5. The van der Waals surface area contributed by atoms with Crippen LogP contribution in [-0.2, 0) is 20.7 Å². The smallest absolute Gasteiger partial charge is 0.307 e. The predicted molar refractivity (Wildman–Crippen MR) is 82.9 cm³/mol. The first-order valence-electron chi connectivity index (χ1n) is 7.64. The molecule has 0 spiro atoms. The topological polar surface area (TPSA) is 46.6 Å². The van der Waals surface area contributed by atoms with Gasteiger partial charge < -0.3 is 9.64 Å². The van der Waals surface area contributed by atoms with Gasteiger partial charge in [0.15, 0.2) is 0 Å². The van der Waals surface area contributed by atoms with Crippen LogP contribution in [0.15, 0.2) is 30.3 Å². The summed E-state index contributed by atoms with van der Waals surface area (Å²) in [5, 5.41) is 0. The van der Waals surface area contributed by atoms with Crippen molar-refractivity contribution < 1.29 is 14.3 Å². The normalized spacial score (nSPS) is 10.2. The van der Waals surface area contributed by atoms with Gasteiger partial charge in [-0.15, -0.1) is 0 Å². The van der Waals surface area contributed by atoms with Gasteiger partial charge in [-0.25, -0.2) is 0 Å². The fourth-order valence-electron chi connectivity index (χ4n) is 2.10. The van der Waals surface area contributed by atoms with E-state index in [1.807, 2.05) is 37.3 Å². The van der Waals surface area contributed by atoms with Crippen LogP contribution in [0.5, 0.6) is 0 Å². The summed E-state index contributed by atoms with van der Waals surface area (Å²) in [6, 6.07) is 10.1. The Morgan fingerprint density at radius 1 is 1.05 bits per heavy atom. The molecule has 0 radical (unpaired) electrons. The van der Waals surface area contributed by atoms with Gasteiger partial charge in [-0.3, -0.25) is 9.59 Å². The summed E-state index contributed by atoms with van der Waals surface area (Å²) in [5.74, 6) is -0.135. The highest BCUT2D eigenvalue weighted by molar-refractivity contribution is 5.77. The zero-order valence-electron chi connectivity index (χ0n) is 13.0. The third kappa shape index (κ3) is 6.93. The number of rotatable bonds is 9. The highest BCUT2D eigenvalue weighted by Crippen LogP contribution is 2.05. The van der Waals surface area contributed by atoms with Crippen molar-refractivity contribution in [3.8, 4) is 0 Å². The molecule has 0 aliphatic rings. The Morgan fingerprint density at radius 2 is 1.76 bits per heavy atom. The largest absolute Gasteiger partial charge is 0.466 e. The van der Waals surface area contributed by atoms with Crippen molar-refractivity contribution >= 4 is 11.9 Å². The Hall–Kier alpha value is -1.84. The number of amides is 1. The van der Waals surface area contributed by atoms with Gasteiger partial charge in [0.05, 0.1) is 13.0 Å². The van der Waals surface area contributed by atoms with Crippen LogP contribution >= 0.6 is 0 Å². The molecule has 4 nitrogen and oxygen atoms in total. The molecular weight excluding hydrogens is 266 g/mol. The van der Waals surface area contributed by atoms with Crippen molar-refractivity contribution in [1.82, 2.24) is 4.90 Å². The summed E-state index contributed by atoms with van der Waals surface area (Å²) in [4.78, 5) is 25.3. The molecule has 0 fully saturated rings. The second-order valence-corrected chi connectivity index (χ2v) is 4.92. The Labute approximate surface area is 127 Å². The molecule has 0 aliphatic carbocycles. The minimum Gasteiger partial charge on any atom is -0.466 e. The van der Waals surface area contributed by atoms with Crippen LogP contribution in [0, 0.1) is 0 Å². The van der Waals surface area contributed by atoms with Gasteiger partial charge in [0.2, 0.25) is 5.91 Å². The van der Waals surface area contributed by atoms with E-state index in [9.17, 15) is 9.59 Å². The molecule has 0 bridgehead atoms. The number of hydrogen-bond donors (Lipinski definition) is 0. The molecule has 0 saturated heterocycles. The van der Waals surface area contributed by atoms with Gasteiger partial charge in [-0.05, 0) is 25.3 Å². The molecule has 0 aromatic heterocycles. The monoisotopic (exact) mass is 291 g/mol. The molecule has 0 saturated carbocycles. The van der Waals surface area contributed by atoms with Crippen molar-refractivity contribution in [1.29, 1.82) is 0 Å². The van der Waals surface area contributed by atoms with Crippen LogP contribution in [0.3, 0.4) is 0 Å². The summed E-state index contributed by atoms with van der Waals surface area (Å²) in [7, 11) is 0. The summed E-state index contributed by atoms with van der Waals surface area (Å²) < 4.78 is 4.92. The quantitative estimate of drug-likeness (QED) is 0.657. The summed E-state index contributed by atoms with van der Waals surface area (Å²) >= 11 is 0. The van der Waals surface area contributed by atoms with Crippen LogP contribution in [0.2, 0.25) is 0 Å². The van der Waals surface area contributed by atoms with Crippen molar-refractivity contribution in [2.24, 2.45) is 0 Å². The van der Waals surface area contributed by atoms with Crippen molar-refractivity contribution in [2.75, 3.05) is 19.7 Å². The van der Waals surface area contributed by atoms with E-state index in [0.717, 1.165) is 12.8 Å². The maximum absolute atomic E-state index is 12.1. The molecule has 21 heavy (non-hydrogen) atoms. The van der Waals surface area contributed by atoms with E-state index >= 15 is 0 Å². The molecule has 1 amide bonds. The molecule has 1 aromatic carbocycles. The lowest BCUT2D eigenvalue weighted by Crippen LogP contribution is -2.34. The van der Waals surface area contributed by atoms with Crippen molar-refractivity contribution in [2.45, 2.75) is 39.5 Å². The maximum atomic E-state index is 12.1. The number of esters is 1. The second-order valence-electron chi connectivity index (χ2n) is 4.92. The fourth-order valence-corrected chi connectivity index (χ4v) is 2.10. The molecule has 1 rings (SSSR count). The van der Waals surface area contributed by atoms with Crippen LogP contribution in [0.25, 0.3) is 0 Å². The van der Waals surface area contributed by atoms with E-state index in [0.29, 0.717) is 26.1 Å². The molecule has 0 heterocycles. The predicted octanol–water partition coefficient (Wildman–Crippen LogP) is 2.81. The van der Waals surface area contributed by atoms with Crippen LogP contribution in [-0.4, -0.2) is 36.5 Å². The second kappa shape index (κ2) is 9.97. The number of nitrogens with zero attached hydrogens (tertiary/aromatic N) is 1. The van der Waals surface area contributed by atoms with Crippen LogP contribution in [0.1, 0.15) is 38.7 Å². The van der Waals surface area contributed by atoms with Crippen LogP contribution in [0.4, 0.5) is 0 Å². The molecule has 4 heteroatoms. The van der Waals surface area contributed by atoms with Gasteiger partial charge in [0.1, 0.15) is 0 Å². The van der Waals surface area contributed by atoms with Crippen LogP contribution < -0.4 is 0 Å². The van der Waals surface area contributed by atoms with E-state index in [1.54, 1.807) is 11.8 Å². The lowest BCUT2D eigenvalue weighted by molar-refractivity contribution is -0.144. The third-order valence-electron chi connectivity index (χ3n) is 3.22. The van der Waals surface area contributed by atoms with E-state index in [-0.39, 0.29) is 18.3 Å². The van der Waals surface area contributed by atoms with Crippen molar-refractivity contribution in [3.63, 3.8) is 0 Å². The highest BCUT2D eigenvalue weighted by Gasteiger charge is 2.14. The summed E-state index contributed by atoms with van der Waals surface area (Å²) in [5.41, 5.74) is 1.20. The first kappa shape index (κ1) is 17.2. The molecule has 0 unspecified atom stereocenters. The van der Waals surface area contributed by atoms with E-state index in [1.165, 1.54) is 5.56 Å². The Balaban J connectivity index is 2.51. The number of carbonyl (C=O) groups excluding carboxylic acids is 2. The van der Waals surface area contributed by atoms with E-state index < -0.39 is 0 Å². The third-order valence-corrected chi connectivity index (χ3v) is 3.22. The number of carbonyl (C=O) groups is 2. The minimum atomic E-state index is -0.244. The molecule has 0 atom stereocenters. The Morgan fingerprint density at radius 3 is 2.38 bits per heavy atom. The first-order valence-corrected chi connectivity index (χ1v) is 7.64. The Kier molecular flexibility index (Phi) is 8.17. The summed E-state index contributed by atoms with van der Waals surface area (Å²) in [6.45, 7) is 5.23. The van der Waals surface area contributed by atoms with E-state index in [2.05, 4.69) is 0 Å². The van der Waals surface area contributed by atoms with Gasteiger partial charge in [0.25, 0.3) is 0 Å². The summed E-state index contributed by atoms with van der Waals surface area (Å²) in [6.07, 6.45) is 2.41. The minimum absolute atomic E-state index is 0.109. The highest BCUT2D eigenvalue weighted by atomic mass is 16.5. The lowest BCUT2D eigenvalue weighted by atomic mass is 10.1. The number of benzene rings is 1. The average Bonchev–Trinajstić information content (AvgIpc) is 2.48. The zero-order valence-corrected chi connectivity index (χ0v) is 13.0. The standard InChI is InChI=1S/C17H25NO3/c1-3-8-16(19)18(14-12-17(20)21-4-2)13-11-15-9-6-5-7-10-15/h5-7,9-10H,3-4,8,11-14H2,1-2H3. The molecular formula is C17H25NO3. The molecule has 116 valence electrons. The molecule has 0 aliphatic heterocycles. The fraction of sp³-hybridized carbons (Fsp3) is 0.529. The molecule has 1 aromatic rings. The lowest BCUT2D eigenvalue weighted by Gasteiger charge is -2.22. The van der Waals surface area contributed by atoms with Gasteiger partial charge in [0, 0.05) is 19.5 Å². The number of hydrogen-bond acceptors (Lipinski definition) is 3.